The first-order valence-corrected chi connectivity index (χ1v) is 12.1. The Labute approximate surface area is 193 Å². The highest BCUT2D eigenvalue weighted by atomic mass is 32.2. The maximum Gasteiger partial charge on any atom is 0.416 e. The predicted molar refractivity (Wildman–Crippen MR) is 122 cm³/mol. The molecule has 1 amide bonds. The standard InChI is InChI=1S/C21H19F3N2O3S3/c1-13(2)25-32(28,29)17-8-6-14(7-9-17)11-18-19(27)26(20(30)31-18)12-15-4-3-5-16(10-15)21(22,23)24/h3-11,13,25H,12H2,1-2H3/b18-11-. The Kier molecular flexibility index (Phi) is 7.13. The second-order valence-corrected chi connectivity index (χ2v) is 10.7. The lowest BCUT2D eigenvalue weighted by Gasteiger charge is -2.15. The molecule has 2 aromatic rings. The van der Waals surface area contributed by atoms with Gasteiger partial charge in [-0.2, -0.15) is 13.2 Å². The van der Waals surface area contributed by atoms with Crippen LogP contribution in [0.15, 0.2) is 58.3 Å². The summed E-state index contributed by atoms with van der Waals surface area (Å²) in [5.41, 5.74) is 0.107. The molecular weight excluding hydrogens is 481 g/mol. The highest BCUT2D eigenvalue weighted by Gasteiger charge is 2.34. The van der Waals surface area contributed by atoms with Crippen LogP contribution in [-0.2, 0) is 27.5 Å². The second kappa shape index (κ2) is 9.34. The molecule has 0 aliphatic carbocycles. The quantitative estimate of drug-likeness (QED) is 0.456. The zero-order valence-electron chi connectivity index (χ0n) is 17.0. The van der Waals surface area contributed by atoms with Crippen molar-refractivity contribution in [1.82, 2.24) is 9.62 Å². The molecule has 1 fully saturated rings. The van der Waals surface area contributed by atoms with E-state index in [-0.39, 0.29) is 21.8 Å². The SMILES string of the molecule is CC(C)NS(=O)(=O)c1ccc(/C=C2\SC(=S)N(Cc3cccc(C(F)(F)F)c3)C2=O)cc1. The Hall–Kier alpha value is -2.21. The van der Waals surface area contributed by atoms with Crippen molar-refractivity contribution in [2.24, 2.45) is 0 Å². The highest BCUT2D eigenvalue weighted by Crippen LogP contribution is 2.35. The highest BCUT2D eigenvalue weighted by molar-refractivity contribution is 8.26. The van der Waals surface area contributed by atoms with Gasteiger partial charge in [0, 0.05) is 6.04 Å². The van der Waals surface area contributed by atoms with Crippen LogP contribution in [0.4, 0.5) is 13.2 Å². The van der Waals surface area contributed by atoms with E-state index in [1.165, 1.54) is 29.2 Å². The summed E-state index contributed by atoms with van der Waals surface area (Å²) in [5, 5.41) is 0. The van der Waals surface area contributed by atoms with Crippen LogP contribution < -0.4 is 4.72 Å². The topological polar surface area (TPSA) is 66.5 Å². The van der Waals surface area contributed by atoms with Crippen molar-refractivity contribution in [3.8, 4) is 0 Å². The average molecular weight is 501 g/mol. The first kappa shape index (κ1) is 24.4. The summed E-state index contributed by atoms with van der Waals surface area (Å²) in [6, 6.07) is 10.5. The molecule has 170 valence electrons. The van der Waals surface area contributed by atoms with Crippen LogP contribution in [0.2, 0.25) is 0 Å². The number of nitrogens with one attached hydrogen (secondary N) is 1. The summed E-state index contributed by atoms with van der Waals surface area (Å²) < 4.78 is 66.0. The van der Waals surface area contributed by atoms with Crippen LogP contribution >= 0.6 is 24.0 Å². The van der Waals surface area contributed by atoms with Gasteiger partial charge in [-0.1, -0.05) is 48.2 Å². The summed E-state index contributed by atoms with van der Waals surface area (Å²) in [5.74, 6) is -0.421. The predicted octanol–water partition coefficient (Wildman–Crippen LogP) is 4.79. The van der Waals surface area contributed by atoms with Gasteiger partial charge in [0.05, 0.1) is 21.9 Å². The maximum absolute atomic E-state index is 12.9. The van der Waals surface area contributed by atoms with Gasteiger partial charge in [-0.15, -0.1) is 0 Å². The number of amides is 1. The molecule has 1 heterocycles. The normalized spacial score (nSPS) is 16.4. The Morgan fingerprint density at radius 2 is 1.81 bits per heavy atom. The number of thiocarbonyl (C=S) groups is 1. The van der Waals surface area contributed by atoms with E-state index in [4.69, 9.17) is 12.2 Å². The molecule has 0 bridgehead atoms. The molecule has 0 spiro atoms. The lowest BCUT2D eigenvalue weighted by molar-refractivity contribution is -0.137. The molecule has 2 aromatic carbocycles. The van der Waals surface area contributed by atoms with Crippen LogP contribution in [0.1, 0.15) is 30.5 Å². The van der Waals surface area contributed by atoms with E-state index in [2.05, 4.69) is 4.72 Å². The Morgan fingerprint density at radius 1 is 1.16 bits per heavy atom. The third-order valence-electron chi connectivity index (χ3n) is 4.35. The van der Waals surface area contributed by atoms with Gasteiger partial charge in [0.25, 0.3) is 5.91 Å². The zero-order chi connectivity index (χ0) is 23.7. The summed E-state index contributed by atoms with van der Waals surface area (Å²) >= 11 is 6.28. The second-order valence-electron chi connectivity index (χ2n) is 7.31. The van der Waals surface area contributed by atoms with Crippen LogP contribution in [0.5, 0.6) is 0 Å². The number of sulfonamides is 1. The molecule has 0 saturated carbocycles. The van der Waals surface area contributed by atoms with Crippen LogP contribution in [0, 0.1) is 0 Å². The first-order valence-electron chi connectivity index (χ1n) is 9.41. The number of halogens is 3. The van der Waals surface area contributed by atoms with Gasteiger partial charge in [-0.25, -0.2) is 13.1 Å². The van der Waals surface area contributed by atoms with Crippen molar-refractivity contribution in [3.63, 3.8) is 0 Å². The number of carbonyl (C=O) groups is 1. The molecule has 1 saturated heterocycles. The molecule has 1 aliphatic rings. The molecule has 3 rings (SSSR count). The Bertz CT molecular complexity index is 1170. The Morgan fingerprint density at radius 3 is 2.41 bits per heavy atom. The number of thioether (sulfide) groups is 1. The van der Waals surface area contributed by atoms with Gasteiger partial charge in [0.1, 0.15) is 4.32 Å². The van der Waals surface area contributed by atoms with E-state index in [0.29, 0.717) is 16.0 Å². The van der Waals surface area contributed by atoms with Crippen molar-refractivity contribution in [2.75, 3.05) is 0 Å². The molecule has 0 atom stereocenters. The monoisotopic (exact) mass is 500 g/mol. The lowest BCUT2D eigenvalue weighted by Crippen LogP contribution is -2.30. The molecule has 0 unspecified atom stereocenters. The maximum atomic E-state index is 12.9. The summed E-state index contributed by atoms with van der Waals surface area (Å²) in [6.07, 6.45) is -2.91. The van der Waals surface area contributed by atoms with Gasteiger partial charge < -0.3 is 0 Å². The number of nitrogens with zero attached hydrogens (tertiary/aromatic N) is 1. The van der Waals surface area contributed by atoms with E-state index < -0.39 is 27.7 Å². The summed E-state index contributed by atoms with van der Waals surface area (Å²) in [6.45, 7) is 3.35. The molecule has 32 heavy (non-hydrogen) atoms. The number of rotatable bonds is 6. The summed E-state index contributed by atoms with van der Waals surface area (Å²) in [7, 11) is -3.63. The molecule has 0 radical (unpaired) electrons. The lowest BCUT2D eigenvalue weighted by atomic mass is 10.1. The third kappa shape index (κ3) is 5.77. The van der Waals surface area contributed by atoms with Crippen molar-refractivity contribution in [1.29, 1.82) is 0 Å². The van der Waals surface area contributed by atoms with Crippen LogP contribution in [-0.4, -0.2) is 29.6 Å². The van der Waals surface area contributed by atoms with Crippen molar-refractivity contribution >= 4 is 50.3 Å². The molecule has 11 heteroatoms. The number of benzene rings is 2. The van der Waals surface area contributed by atoms with E-state index >= 15 is 0 Å². The molecule has 5 nitrogen and oxygen atoms in total. The van der Waals surface area contributed by atoms with E-state index in [0.717, 1.165) is 23.9 Å². The van der Waals surface area contributed by atoms with Gasteiger partial charge in [-0.05, 0) is 55.3 Å². The minimum atomic E-state index is -4.48. The average Bonchev–Trinajstić information content (AvgIpc) is 2.94. The largest absolute Gasteiger partial charge is 0.416 e. The molecular formula is C21H19F3N2O3S3. The van der Waals surface area contributed by atoms with E-state index in [1.54, 1.807) is 32.1 Å². The smallest absolute Gasteiger partial charge is 0.288 e. The minimum absolute atomic E-state index is 0.0794. The Balaban J connectivity index is 1.77. The zero-order valence-corrected chi connectivity index (χ0v) is 19.5. The number of hydrogen-bond donors (Lipinski definition) is 1. The number of alkyl halides is 3. The van der Waals surface area contributed by atoms with E-state index in [1.807, 2.05) is 0 Å². The van der Waals surface area contributed by atoms with Gasteiger partial charge in [0.15, 0.2) is 0 Å². The fourth-order valence-electron chi connectivity index (χ4n) is 2.94. The van der Waals surface area contributed by atoms with Crippen molar-refractivity contribution in [3.05, 3.63) is 70.1 Å². The fraction of sp³-hybridized carbons (Fsp3) is 0.238. The molecule has 0 aromatic heterocycles. The van der Waals surface area contributed by atoms with Crippen LogP contribution in [0.3, 0.4) is 0 Å². The number of hydrogen-bond acceptors (Lipinski definition) is 5. The number of carbonyl (C=O) groups excluding carboxylic acids is 1. The first-order chi connectivity index (χ1) is 14.9. The fourth-order valence-corrected chi connectivity index (χ4v) is 5.44. The van der Waals surface area contributed by atoms with Crippen LogP contribution in [0.25, 0.3) is 6.08 Å². The summed E-state index contributed by atoms with van der Waals surface area (Å²) in [4.78, 5) is 14.4. The van der Waals surface area contributed by atoms with Crippen molar-refractivity contribution in [2.45, 2.75) is 37.5 Å². The van der Waals surface area contributed by atoms with Gasteiger partial charge in [-0.3, -0.25) is 9.69 Å². The minimum Gasteiger partial charge on any atom is -0.288 e. The van der Waals surface area contributed by atoms with E-state index in [9.17, 15) is 26.4 Å². The third-order valence-corrected chi connectivity index (χ3v) is 7.40. The molecule has 1 aliphatic heterocycles. The van der Waals surface area contributed by atoms with Crippen molar-refractivity contribution < 1.29 is 26.4 Å². The van der Waals surface area contributed by atoms with Gasteiger partial charge >= 0.3 is 6.18 Å². The molecule has 1 N–H and O–H groups in total. The van der Waals surface area contributed by atoms with Gasteiger partial charge in [0.2, 0.25) is 10.0 Å².